The topological polar surface area (TPSA) is 112 Å². The largest absolute Gasteiger partial charge is 0.445 e. The van der Waals surface area contributed by atoms with E-state index in [4.69, 9.17) is 18.5 Å². The smallest absolute Gasteiger partial charge is 0.407 e. The van der Waals surface area contributed by atoms with Gasteiger partial charge in [-0.2, -0.15) is 0 Å². The molecule has 30 heavy (non-hydrogen) atoms. The number of alkyl carbamates (subject to hydrolysis) is 2. The van der Waals surface area contributed by atoms with Crippen molar-refractivity contribution in [3.05, 3.63) is 71.8 Å². The number of rotatable bonds is 12. The normalized spacial score (nSPS) is 10.4. The van der Waals surface area contributed by atoms with Gasteiger partial charge in [0.05, 0.1) is 13.2 Å². The molecule has 0 heterocycles. The lowest BCUT2D eigenvalue weighted by Gasteiger charge is -2.09. The zero-order valence-corrected chi connectivity index (χ0v) is 17.4. The van der Waals surface area contributed by atoms with Crippen LogP contribution in [0.25, 0.3) is 0 Å². The van der Waals surface area contributed by atoms with Gasteiger partial charge in [0.2, 0.25) is 0 Å². The Morgan fingerprint density at radius 3 is 1.50 bits per heavy atom. The second-order valence-corrected chi connectivity index (χ2v) is 7.00. The first-order valence-electron chi connectivity index (χ1n) is 9.32. The molecular weight excluding hydrogens is 411 g/mol. The molecule has 2 aromatic rings. The molecular formula is C20H25N2O7P. The lowest BCUT2D eigenvalue weighted by molar-refractivity contribution is 0.135. The maximum atomic E-state index is 11.6. The summed E-state index contributed by atoms with van der Waals surface area (Å²) in [6, 6.07) is 18.5. The third-order valence-electron chi connectivity index (χ3n) is 3.61. The summed E-state index contributed by atoms with van der Waals surface area (Å²) in [5, 5.41) is 4.96. The summed E-state index contributed by atoms with van der Waals surface area (Å²) in [7, 11) is -2.73. The van der Waals surface area contributed by atoms with E-state index in [1.54, 1.807) is 0 Å². The van der Waals surface area contributed by atoms with Crippen molar-refractivity contribution in [2.24, 2.45) is 0 Å². The minimum atomic E-state index is -2.73. The van der Waals surface area contributed by atoms with Crippen molar-refractivity contribution in [1.82, 2.24) is 10.6 Å². The third-order valence-corrected chi connectivity index (χ3v) is 4.49. The van der Waals surface area contributed by atoms with E-state index >= 15 is 0 Å². The molecule has 0 radical (unpaired) electrons. The molecule has 0 aliphatic heterocycles. The molecule has 0 saturated carbocycles. The Kier molecular flexibility index (Phi) is 11.1. The van der Waals surface area contributed by atoms with E-state index in [9.17, 15) is 14.2 Å². The average Bonchev–Trinajstić information content (AvgIpc) is 2.78. The summed E-state index contributed by atoms with van der Waals surface area (Å²) in [6.07, 6.45) is -1.19. The lowest BCUT2D eigenvalue weighted by atomic mass is 10.2. The molecule has 0 bridgehead atoms. The van der Waals surface area contributed by atoms with Gasteiger partial charge < -0.3 is 29.2 Å². The van der Waals surface area contributed by atoms with E-state index in [2.05, 4.69) is 10.6 Å². The van der Waals surface area contributed by atoms with Gasteiger partial charge in [0.1, 0.15) is 13.2 Å². The molecule has 2 N–H and O–H groups in total. The fourth-order valence-corrected chi connectivity index (χ4v) is 2.79. The number of benzene rings is 2. The van der Waals surface area contributed by atoms with E-state index in [1.165, 1.54) is 0 Å². The highest BCUT2D eigenvalue weighted by molar-refractivity contribution is 7.33. The van der Waals surface area contributed by atoms with Gasteiger partial charge in [-0.15, -0.1) is 0 Å². The SMILES string of the molecule is O=C(NCCO[PH](=O)OCCNC(=O)OCc1ccccc1)OCc1ccccc1. The van der Waals surface area contributed by atoms with Crippen LogP contribution < -0.4 is 10.6 Å². The van der Waals surface area contributed by atoms with Crippen LogP contribution in [0.3, 0.4) is 0 Å². The minimum Gasteiger partial charge on any atom is -0.445 e. The molecule has 0 aliphatic rings. The molecule has 2 amide bonds. The number of amides is 2. The van der Waals surface area contributed by atoms with Crippen LogP contribution >= 0.6 is 8.25 Å². The maximum Gasteiger partial charge on any atom is 0.407 e. The van der Waals surface area contributed by atoms with Crippen molar-refractivity contribution in [2.45, 2.75) is 13.2 Å². The zero-order chi connectivity index (χ0) is 21.4. The van der Waals surface area contributed by atoms with E-state index in [-0.39, 0.29) is 39.5 Å². The molecule has 2 aromatic carbocycles. The first-order chi connectivity index (χ1) is 14.6. The highest BCUT2D eigenvalue weighted by atomic mass is 31.1. The Morgan fingerprint density at radius 1 is 0.700 bits per heavy atom. The number of hydrogen-bond acceptors (Lipinski definition) is 7. The minimum absolute atomic E-state index is 0.00474. The highest BCUT2D eigenvalue weighted by Gasteiger charge is 2.05. The molecule has 0 unspecified atom stereocenters. The lowest BCUT2D eigenvalue weighted by Crippen LogP contribution is -2.28. The van der Waals surface area contributed by atoms with Crippen LogP contribution in [0.15, 0.2) is 60.7 Å². The fraction of sp³-hybridized carbons (Fsp3) is 0.300. The molecule has 162 valence electrons. The summed E-state index contributed by atoms with van der Waals surface area (Å²) >= 11 is 0. The van der Waals surface area contributed by atoms with Gasteiger partial charge in [-0.3, -0.25) is 4.57 Å². The van der Waals surface area contributed by atoms with Crippen LogP contribution in [-0.2, 0) is 36.3 Å². The Balaban J connectivity index is 1.43. The standard InChI is InChI=1S/C20H25N2O7P/c23-19(26-15-17-7-3-1-4-8-17)21-11-13-28-30(25)29-14-12-22-20(24)27-16-18-9-5-2-6-10-18/h1-10,30H,11-16H2,(H,21,23)(H,22,24). The van der Waals surface area contributed by atoms with Gasteiger partial charge in [0, 0.05) is 13.1 Å². The number of nitrogens with one attached hydrogen (secondary N) is 2. The van der Waals surface area contributed by atoms with Gasteiger partial charge >= 0.3 is 20.4 Å². The van der Waals surface area contributed by atoms with E-state index < -0.39 is 20.4 Å². The fourth-order valence-electron chi connectivity index (χ4n) is 2.16. The summed E-state index contributed by atoms with van der Waals surface area (Å²) in [6.45, 7) is 0.576. The highest BCUT2D eigenvalue weighted by Crippen LogP contribution is 2.22. The number of ether oxygens (including phenoxy) is 2. The van der Waals surface area contributed by atoms with Crippen molar-refractivity contribution in [1.29, 1.82) is 0 Å². The molecule has 2 rings (SSSR count). The van der Waals surface area contributed by atoms with Crippen molar-refractivity contribution < 1.29 is 32.7 Å². The number of carbonyl (C=O) groups is 2. The summed E-state index contributed by atoms with van der Waals surface area (Å²) in [5.74, 6) is 0. The zero-order valence-electron chi connectivity index (χ0n) is 16.4. The van der Waals surface area contributed by atoms with E-state index in [1.807, 2.05) is 60.7 Å². The molecule has 0 saturated heterocycles. The Morgan fingerprint density at radius 2 is 1.10 bits per heavy atom. The second kappa shape index (κ2) is 14.2. The van der Waals surface area contributed by atoms with Crippen molar-refractivity contribution in [3.63, 3.8) is 0 Å². The molecule has 0 fully saturated rings. The Bertz CT molecular complexity index is 725. The average molecular weight is 436 g/mol. The predicted octanol–water partition coefficient (Wildman–Crippen LogP) is 3.26. The van der Waals surface area contributed by atoms with Crippen LogP contribution in [-0.4, -0.2) is 38.5 Å². The van der Waals surface area contributed by atoms with Crippen LogP contribution in [0.5, 0.6) is 0 Å². The van der Waals surface area contributed by atoms with Crippen molar-refractivity contribution in [3.8, 4) is 0 Å². The molecule has 0 aromatic heterocycles. The first kappa shape index (κ1) is 23.4. The molecule has 0 aliphatic carbocycles. The van der Waals surface area contributed by atoms with Crippen LogP contribution in [0.2, 0.25) is 0 Å². The van der Waals surface area contributed by atoms with E-state index in [0.29, 0.717) is 0 Å². The molecule has 9 nitrogen and oxygen atoms in total. The van der Waals surface area contributed by atoms with Crippen LogP contribution in [0.4, 0.5) is 9.59 Å². The molecule has 10 heteroatoms. The number of hydrogen-bond donors (Lipinski definition) is 2. The van der Waals surface area contributed by atoms with E-state index in [0.717, 1.165) is 11.1 Å². The van der Waals surface area contributed by atoms with Crippen molar-refractivity contribution in [2.75, 3.05) is 26.3 Å². The number of carbonyl (C=O) groups excluding carboxylic acids is 2. The van der Waals surface area contributed by atoms with Gasteiger partial charge in [-0.25, -0.2) is 9.59 Å². The Hall–Kier alpha value is -2.87. The Labute approximate surface area is 175 Å². The van der Waals surface area contributed by atoms with Gasteiger partial charge in [0.25, 0.3) is 0 Å². The van der Waals surface area contributed by atoms with Gasteiger partial charge in [-0.05, 0) is 11.1 Å². The monoisotopic (exact) mass is 436 g/mol. The summed E-state index contributed by atoms with van der Waals surface area (Å²) in [4.78, 5) is 23.1. The van der Waals surface area contributed by atoms with Gasteiger partial charge in [0.15, 0.2) is 0 Å². The molecule has 0 atom stereocenters. The maximum absolute atomic E-state index is 11.6. The quantitative estimate of drug-likeness (QED) is 0.388. The van der Waals surface area contributed by atoms with Crippen molar-refractivity contribution >= 4 is 20.4 Å². The third kappa shape index (κ3) is 10.6. The first-order valence-corrected chi connectivity index (χ1v) is 10.5. The predicted molar refractivity (Wildman–Crippen MR) is 110 cm³/mol. The summed E-state index contributed by atoms with van der Waals surface area (Å²) in [5.41, 5.74) is 1.75. The molecule has 0 spiro atoms. The van der Waals surface area contributed by atoms with Crippen LogP contribution in [0.1, 0.15) is 11.1 Å². The second-order valence-electron chi connectivity index (χ2n) is 5.92. The van der Waals surface area contributed by atoms with Gasteiger partial charge in [-0.1, -0.05) is 60.7 Å². The summed E-state index contributed by atoms with van der Waals surface area (Å²) < 4.78 is 31.6. The van der Waals surface area contributed by atoms with Crippen LogP contribution in [0, 0.1) is 0 Å².